The molecule has 0 bridgehead atoms. The molecule has 0 saturated carbocycles. The van der Waals surface area contributed by atoms with Crippen molar-refractivity contribution in [2.75, 3.05) is 40.6 Å². The number of nitrogens with one attached hydrogen (secondary N) is 3. The van der Waals surface area contributed by atoms with Crippen molar-refractivity contribution >= 4 is 17.5 Å². The summed E-state index contributed by atoms with van der Waals surface area (Å²) in [5.41, 5.74) is 0. The van der Waals surface area contributed by atoms with E-state index in [1.54, 1.807) is 6.92 Å². The van der Waals surface area contributed by atoms with Gasteiger partial charge >= 0.3 is 0 Å². The van der Waals surface area contributed by atoms with Crippen molar-refractivity contribution in [3.63, 3.8) is 0 Å². The zero-order valence-corrected chi connectivity index (χ0v) is 46.1. The van der Waals surface area contributed by atoms with E-state index >= 15 is 0 Å². The molecule has 0 aliphatic heterocycles. The van der Waals surface area contributed by atoms with E-state index in [2.05, 4.69) is 161 Å². The monoisotopic (exact) mass is 848 g/mol. The van der Waals surface area contributed by atoms with Crippen LogP contribution in [0.2, 0.25) is 0 Å². The molecule has 1 unspecified atom stereocenters. The van der Waals surface area contributed by atoms with Crippen LogP contribution in [0, 0.1) is 0 Å². The lowest BCUT2D eigenvalue weighted by Crippen LogP contribution is -2.15. The first-order valence-corrected chi connectivity index (χ1v) is 25.7. The summed E-state index contributed by atoms with van der Waals surface area (Å²) in [6, 6.07) is 0. The summed E-state index contributed by atoms with van der Waals surface area (Å²) in [6.45, 7) is 54.0. The maximum Gasteiger partial charge on any atom is 0.263 e. The Morgan fingerprint density at radius 2 is 0.636 bits per heavy atom. The molecule has 1 atom stereocenters. The van der Waals surface area contributed by atoms with E-state index in [1.165, 1.54) is 98.0 Å². The van der Waals surface area contributed by atoms with Crippen molar-refractivity contribution < 1.29 is 22.3 Å². The van der Waals surface area contributed by atoms with E-state index in [0.29, 0.717) is 0 Å². The van der Waals surface area contributed by atoms with E-state index in [9.17, 15) is 17.4 Å². The van der Waals surface area contributed by atoms with Crippen LogP contribution in [0.25, 0.3) is 0 Å². The normalized spacial score (nSPS) is 9.05. The Morgan fingerprint density at radius 1 is 0.545 bits per heavy atom. The standard InChI is InChI=1S/C4H7F.C4H8.C3H9N.10C3H8.C2H8NO2P.C2H7NO2S/c1-3-4(2)5;2*1-3-4-2;10*1-3-2;2*1-3-6(2,4)5/h3H,1-2H3;3-4H,1-2H3;4H,3H2,1-2H3;10*3H2,1-2H3;1-2H3,(H2,3,4,5);3H,1-2H3/b4-3-;4-3+;;;;;;;;;;;;;. The number of rotatable bonds is 3. The second-order valence-corrected chi connectivity index (χ2v) is 15.6. The Balaban J connectivity index is -0.0000000242. The van der Waals surface area contributed by atoms with Crippen LogP contribution in [0.5, 0.6) is 0 Å². The molecule has 356 valence electrons. The van der Waals surface area contributed by atoms with Crippen LogP contribution in [0.3, 0.4) is 0 Å². The molecule has 0 amide bonds. The Kier molecular flexibility index (Phi) is 270. The van der Waals surface area contributed by atoms with Crippen molar-refractivity contribution in [2.24, 2.45) is 0 Å². The van der Waals surface area contributed by atoms with Gasteiger partial charge in [-0.15, -0.1) is 0 Å². The lowest BCUT2D eigenvalue weighted by molar-refractivity contribution is 0.476. The Hall–Kier alpha value is -0.570. The van der Waals surface area contributed by atoms with Gasteiger partial charge in [-0.25, -0.2) is 22.6 Å². The predicted molar refractivity (Wildman–Crippen MR) is 269 cm³/mol. The minimum absolute atomic E-state index is 0.120. The highest BCUT2D eigenvalue weighted by Crippen LogP contribution is 2.26. The van der Waals surface area contributed by atoms with Gasteiger partial charge in [0, 0.05) is 6.66 Å². The van der Waals surface area contributed by atoms with Gasteiger partial charge in [-0.2, -0.15) is 0 Å². The molecule has 0 fully saturated rings. The molecule has 0 aromatic heterocycles. The van der Waals surface area contributed by atoms with Gasteiger partial charge in [0.15, 0.2) is 0 Å². The van der Waals surface area contributed by atoms with Gasteiger partial charge in [0.25, 0.3) is 7.52 Å². The summed E-state index contributed by atoms with van der Waals surface area (Å²) in [7, 11) is -1.06. The Bertz CT molecular complexity index is 560. The molecule has 0 heterocycles. The van der Waals surface area contributed by atoms with E-state index < -0.39 is 17.5 Å². The number of allylic oxidation sites excluding steroid dienone is 4. The third kappa shape index (κ3) is 1590. The SMILES string of the molecule is C/C=C(/C)F.C/C=C/C.CCC.CCC.CCC.CCC.CCC.CCC.CCC.CCC.CCC.CCC.CCNC.CNP(C)(=O)O.CNS(C)(=O)=O. The van der Waals surface area contributed by atoms with Crippen LogP contribution in [0.15, 0.2) is 24.1 Å². The van der Waals surface area contributed by atoms with Crippen LogP contribution < -0.4 is 15.1 Å². The van der Waals surface area contributed by atoms with Crippen LogP contribution in [-0.4, -0.2) is 53.9 Å². The molecular weight excluding hydrogens is 729 g/mol. The highest BCUT2D eigenvalue weighted by atomic mass is 32.2. The van der Waals surface area contributed by atoms with Crippen LogP contribution >= 0.6 is 7.52 Å². The number of hydrogen-bond acceptors (Lipinski definition) is 4. The summed E-state index contributed by atoms with van der Waals surface area (Å²) < 4.78 is 43.2. The molecule has 0 radical (unpaired) electrons. The van der Waals surface area contributed by atoms with Crippen molar-refractivity contribution in [3.05, 3.63) is 24.1 Å². The minimum atomic E-state index is -2.91. The van der Waals surface area contributed by atoms with Crippen LogP contribution in [-0.2, 0) is 14.6 Å². The summed E-state index contributed by atoms with van der Waals surface area (Å²) >= 11 is 0. The maximum absolute atomic E-state index is 11.3. The summed E-state index contributed by atoms with van der Waals surface area (Å²) in [6.07, 6.45) is 19.0. The number of hydrogen-bond donors (Lipinski definition) is 4. The zero-order chi connectivity index (χ0) is 48.6. The molecule has 0 spiro atoms. The Morgan fingerprint density at radius 3 is 0.636 bits per heavy atom. The van der Waals surface area contributed by atoms with Crippen molar-refractivity contribution in [1.82, 2.24) is 15.1 Å². The van der Waals surface area contributed by atoms with Gasteiger partial charge in [-0.05, 0) is 55.4 Å². The molecule has 0 aliphatic rings. The van der Waals surface area contributed by atoms with Gasteiger partial charge in [0.2, 0.25) is 10.0 Å². The molecule has 10 heteroatoms. The van der Waals surface area contributed by atoms with Gasteiger partial charge in [-0.3, -0.25) is 4.57 Å². The topological polar surface area (TPSA) is 108 Å². The van der Waals surface area contributed by atoms with E-state index in [0.717, 1.165) is 12.8 Å². The van der Waals surface area contributed by atoms with Crippen molar-refractivity contribution in [1.29, 1.82) is 0 Å². The zero-order valence-electron chi connectivity index (χ0n) is 44.4. The van der Waals surface area contributed by atoms with Gasteiger partial charge in [0.1, 0.15) is 0 Å². The van der Waals surface area contributed by atoms with Crippen LogP contribution in [0.1, 0.15) is 237 Å². The first kappa shape index (κ1) is 99.9. The molecule has 0 aromatic rings. The van der Waals surface area contributed by atoms with Gasteiger partial charge in [-0.1, -0.05) is 228 Å². The van der Waals surface area contributed by atoms with E-state index in [1.807, 2.05) is 33.0 Å². The summed E-state index contributed by atoms with van der Waals surface area (Å²) in [4.78, 5) is 8.27. The summed E-state index contributed by atoms with van der Waals surface area (Å²) in [5, 5.41) is 5.15. The average molecular weight is 849 g/mol. The molecule has 4 N–H and O–H groups in total. The first-order chi connectivity index (χ1) is 25.4. The molecule has 7 nitrogen and oxygen atoms in total. The third-order valence-electron chi connectivity index (χ3n) is 1.87. The van der Waals surface area contributed by atoms with Crippen molar-refractivity contribution in [2.45, 2.75) is 237 Å². The summed E-state index contributed by atoms with van der Waals surface area (Å²) in [5.74, 6) is -0.120. The lowest BCUT2D eigenvalue weighted by atomic mass is 10.6. The largest absolute Gasteiger partial charge is 0.333 e. The molecular formula is C45H119FN3O4PS. The maximum atomic E-state index is 11.3. The third-order valence-corrected chi connectivity index (χ3v) is 3.44. The van der Waals surface area contributed by atoms with Gasteiger partial charge < -0.3 is 10.2 Å². The highest BCUT2D eigenvalue weighted by Gasteiger charge is 2.00. The minimum Gasteiger partial charge on any atom is -0.333 e. The fraction of sp³-hybridized carbons (Fsp3) is 0.911. The fourth-order valence-corrected chi connectivity index (χ4v) is 0. The molecule has 55 heavy (non-hydrogen) atoms. The quantitative estimate of drug-likeness (QED) is 0.166. The number of sulfonamides is 1. The van der Waals surface area contributed by atoms with Crippen LogP contribution in [0.4, 0.5) is 4.39 Å². The second-order valence-electron chi connectivity index (χ2n) is 11.4. The molecule has 0 aromatic carbocycles. The smallest absolute Gasteiger partial charge is 0.263 e. The van der Waals surface area contributed by atoms with Crippen molar-refractivity contribution in [3.8, 4) is 0 Å². The highest BCUT2D eigenvalue weighted by molar-refractivity contribution is 7.88. The molecule has 0 rings (SSSR count). The van der Waals surface area contributed by atoms with E-state index in [4.69, 9.17) is 4.89 Å². The Labute approximate surface area is 355 Å². The number of halogens is 1. The molecule has 0 saturated heterocycles. The average Bonchev–Trinajstić information content (AvgIpc) is 3.08. The van der Waals surface area contributed by atoms with E-state index in [-0.39, 0.29) is 5.83 Å². The first-order valence-electron chi connectivity index (χ1n) is 21.7. The predicted octanol–water partition coefficient (Wildman–Crippen LogP) is 17.0. The van der Waals surface area contributed by atoms with Gasteiger partial charge in [0.05, 0.1) is 12.1 Å². The fourth-order valence-electron chi connectivity index (χ4n) is 0. The second kappa shape index (κ2) is 149. The lowest BCUT2D eigenvalue weighted by Gasteiger charge is -1.97. The molecule has 0 aliphatic carbocycles.